The third-order valence-electron chi connectivity index (χ3n) is 2.14. The molecule has 1 unspecified atom stereocenters. The minimum atomic E-state index is -4.94. The lowest BCUT2D eigenvalue weighted by atomic mass is 10.3. The molecule has 0 spiro atoms. The maximum Gasteiger partial charge on any atom is 0.397 e. The number of ether oxygens (including phenoxy) is 1. The lowest BCUT2D eigenvalue weighted by molar-refractivity contribution is -0.384. The van der Waals surface area contributed by atoms with Gasteiger partial charge in [0, 0.05) is 12.1 Å². The smallest absolute Gasteiger partial charge is 0.397 e. The molecule has 12 nitrogen and oxygen atoms in total. The van der Waals surface area contributed by atoms with Crippen LogP contribution < -0.4 is 4.74 Å². The highest BCUT2D eigenvalue weighted by Crippen LogP contribution is 2.17. The second-order valence-electron chi connectivity index (χ2n) is 3.92. The van der Waals surface area contributed by atoms with Crippen molar-refractivity contribution in [2.45, 2.75) is 6.10 Å². The van der Waals surface area contributed by atoms with Gasteiger partial charge in [-0.05, 0) is 12.1 Å². The van der Waals surface area contributed by atoms with E-state index < -0.39 is 45.0 Å². The Bertz CT molecular complexity index is 740. The van der Waals surface area contributed by atoms with Gasteiger partial charge in [-0.25, -0.2) is 8.37 Å². The third kappa shape index (κ3) is 8.38. The van der Waals surface area contributed by atoms with Crippen LogP contribution in [-0.2, 0) is 29.2 Å². The summed E-state index contributed by atoms with van der Waals surface area (Å²) in [6, 6.07) is 4.63. The van der Waals surface area contributed by atoms with Gasteiger partial charge in [0.2, 0.25) is 0 Å². The lowest BCUT2D eigenvalue weighted by Crippen LogP contribution is -2.30. The zero-order chi connectivity index (χ0) is 17.7. The minimum absolute atomic E-state index is 0.0754. The molecule has 0 aromatic heterocycles. The van der Waals surface area contributed by atoms with Crippen LogP contribution in [0.15, 0.2) is 24.3 Å². The summed E-state index contributed by atoms with van der Waals surface area (Å²) in [5.74, 6) is 0.0754. The Kier molecular flexibility index (Phi) is 6.37. The van der Waals surface area contributed by atoms with E-state index in [-0.39, 0.29) is 11.4 Å². The van der Waals surface area contributed by atoms with Gasteiger partial charge in [-0.1, -0.05) is 0 Å². The largest absolute Gasteiger partial charge is 0.491 e. The van der Waals surface area contributed by atoms with Crippen LogP contribution in [-0.4, -0.2) is 50.2 Å². The molecule has 130 valence electrons. The molecule has 0 saturated heterocycles. The third-order valence-corrected chi connectivity index (χ3v) is 3.09. The van der Waals surface area contributed by atoms with Crippen molar-refractivity contribution < 1.29 is 44.0 Å². The highest BCUT2D eigenvalue weighted by atomic mass is 32.3. The summed E-state index contributed by atoms with van der Waals surface area (Å²) in [7, 11) is -9.80. The molecule has 0 heterocycles. The molecule has 0 aliphatic heterocycles. The van der Waals surface area contributed by atoms with Gasteiger partial charge in [0.05, 0.1) is 11.5 Å². The first-order chi connectivity index (χ1) is 10.5. The van der Waals surface area contributed by atoms with Gasteiger partial charge in [0.25, 0.3) is 5.69 Å². The zero-order valence-electron chi connectivity index (χ0n) is 11.1. The van der Waals surface area contributed by atoms with E-state index in [0.717, 1.165) is 12.1 Å². The Hall–Kier alpha value is -1.84. The fourth-order valence-electron chi connectivity index (χ4n) is 1.29. The predicted octanol–water partition coefficient (Wildman–Crippen LogP) is -0.0190. The summed E-state index contributed by atoms with van der Waals surface area (Å²) in [5, 5.41) is 10.5. The summed E-state index contributed by atoms with van der Waals surface area (Å²) in [6.45, 7) is -1.57. The number of hydrogen-bond donors (Lipinski definition) is 2. The minimum Gasteiger partial charge on any atom is -0.491 e. The van der Waals surface area contributed by atoms with Crippen molar-refractivity contribution in [3.05, 3.63) is 34.4 Å². The lowest BCUT2D eigenvalue weighted by Gasteiger charge is -2.15. The fourth-order valence-corrected chi connectivity index (χ4v) is 2.07. The summed E-state index contributed by atoms with van der Waals surface area (Å²) < 4.78 is 72.2. The Morgan fingerprint density at radius 2 is 1.61 bits per heavy atom. The Labute approximate surface area is 130 Å². The van der Waals surface area contributed by atoms with E-state index in [1.165, 1.54) is 12.1 Å². The van der Waals surface area contributed by atoms with E-state index >= 15 is 0 Å². The van der Waals surface area contributed by atoms with E-state index in [9.17, 15) is 26.9 Å². The van der Waals surface area contributed by atoms with Crippen molar-refractivity contribution in [3.8, 4) is 5.75 Å². The van der Waals surface area contributed by atoms with E-state index in [2.05, 4.69) is 8.37 Å². The maximum atomic E-state index is 10.6. The number of rotatable bonds is 9. The van der Waals surface area contributed by atoms with Gasteiger partial charge in [0.1, 0.15) is 18.5 Å². The zero-order valence-corrected chi connectivity index (χ0v) is 12.8. The van der Waals surface area contributed by atoms with Crippen LogP contribution >= 0.6 is 0 Å². The molecule has 2 N–H and O–H groups in total. The Balaban J connectivity index is 2.70. The van der Waals surface area contributed by atoms with Crippen LogP contribution in [0.1, 0.15) is 0 Å². The van der Waals surface area contributed by atoms with Crippen molar-refractivity contribution in [1.82, 2.24) is 0 Å². The molecule has 0 bridgehead atoms. The van der Waals surface area contributed by atoms with Crippen LogP contribution in [0.25, 0.3) is 0 Å². The van der Waals surface area contributed by atoms with Gasteiger partial charge >= 0.3 is 20.8 Å². The van der Waals surface area contributed by atoms with Crippen LogP contribution in [0.3, 0.4) is 0 Å². The molecule has 14 heteroatoms. The van der Waals surface area contributed by atoms with E-state index in [1.54, 1.807) is 0 Å². The average Bonchev–Trinajstić information content (AvgIpc) is 2.40. The molecular formula is C9H11NO11S2. The molecule has 0 saturated carbocycles. The summed E-state index contributed by atoms with van der Waals surface area (Å²) in [6.07, 6.45) is -1.61. The standard InChI is InChI=1S/C9H11NO11S2/c11-10(12)7-1-3-8(4-2-7)19-5-9(21-23(16,17)18)6-20-22(13,14)15/h1-4,9H,5-6H2,(H,13,14,15)(H,16,17,18). The number of hydrogen-bond acceptors (Lipinski definition) is 9. The molecule has 1 aromatic carbocycles. The Morgan fingerprint density at radius 1 is 1.04 bits per heavy atom. The number of benzene rings is 1. The van der Waals surface area contributed by atoms with Crippen molar-refractivity contribution >= 4 is 26.5 Å². The quantitative estimate of drug-likeness (QED) is 0.337. The monoisotopic (exact) mass is 373 g/mol. The molecule has 23 heavy (non-hydrogen) atoms. The van der Waals surface area contributed by atoms with E-state index in [1.807, 2.05) is 0 Å². The Morgan fingerprint density at radius 3 is 2.04 bits per heavy atom. The van der Waals surface area contributed by atoms with Crippen LogP contribution in [0.5, 0.6) is 5.75 Å². The fraction of sp³-hybridized carbons (Fsp3) is 0.333. The SMILES string of the molecule is O=[N+]([O-])c1ccc(OCC(COS(=O)(=O)O)OS(=O)(=O)O)cc1. The van der Waals surface area contributed by atoms with Crippen LogP contribution in [0.4, 0.5) is 5.69 Å². The normalized spacial score (nSPS) is 13.5. The van der Waals surface area contributed by atoms with Gasteiger partial charge < -0.3 is 4.74 Å². The number of nitro benzene ring substituents is 1. The average molecular weight is 373 g/mol. The van der Waals surface area contributed by atoms with Gasteiger partial charge in [-0.2, -0.15) is 16.8 Å². The second-order valence-corrected chi connectivity index (χ2v) is 6.06. The summed E-state index contributed by atoms with van der Waals surface area (Å²) in [5.41, 5.74) is -0.210. The van der Waals surface area contributed by atoms with Crippen molar-refractivity contribution in [1.29, 1.82) is 0 Å². The van der Waals surface area contributed by atoms with E-state index in [4.69, 9.17) is 13.8 Å². The molecular weight excluding hydrogens is 362 g/mol. The highest BCUT2D eigenvalue weighted by Gasteiger charge is 2.21. The summed E-state index contributed by atoms with van der Waals surface area (Å²) >= 11 is 0. The molecule has 1 atom stereocenters. The molecule has 1 rings (SSSR count). The molecule has 1 aromatic rings. The first-order valence-corrected chi connectivity index (χ1v) is 8.34. The topological polar surface area (TPSA) is 180 Å². The van der Waals surface area contributed by atoms with Crippen molar-refractivity contribution in [2.24, 2.45) is 0 Å². The molecule has 0 aliphatic carbocycles. The number of non-ortho nitro benzene ring substituents is 1. The van der Waals surface area contributed by atoms with Gasteiger partial charge in [-0.15, -0.1) is 0 Å². The maximum absolute atomic E-state index is 10.6. The molecule has 0 fully saturated rings. The van der Waals surface area contributed by atoms with Crippen molar-refractivity contribution in [2.75, 3.05) is 13.2 Å². The second kappa shape index (κ2) is 7.62. The number of nitro groups is 1. The highest BCUT2D eigenvalue weighted by molar-refractivity contribution is 7.81. The van der Waals surface area contributed by atoms with E-state index in [0.29, 0.717) is 0 Å². The van der Waals surface area contributed by atoms with Crippen LogP contribution in [0.2, 0.25) is 0 Å². The van der Waals surface area contributed by atoms with Crippen LogP contribution in [0, 0.1) is 10.1 Å². The molecule has 0 radical (unpaired) electrons. The molecule has 0 amide bonds. The molecule has 0 aliphatic rings. The first kappa shape index (κ1) is 19.2. The van der Waals surface area contributed by atoms with Crippen molar-refractivity contribution in [3.63, 3.8) is 0 Å². The number of nitrogens with zero attached hydrogens (tertiary/aromatic N) is 1. The predicted molar refractivity (Wildman–Crippen MR) is 72.5 cm³/mol. The van der Waals surface area contributed by atoms with Gasteiger partial charge in [0.15, 0.2) is 0 Å². The summed E-state index contributed by atoms with van der Waals surface area (Å²) in [4.78, 5) is 9.82. The van der Waals surface area contributed by atoms with Gasteiger partial charge in [-0.3, -0.25) is 19.2 Å². The first-order valence-electron chi connectivity index (χ1n) is 5.61.